The molecule has 0 atom stereocenters. The van der Waals surface area contributed by atoms with E-state index in [0.717, 1.165) is 43.0 Å². The van der Waals surface area contributed by atoms with Crippen LogP contribution in [0.3, 0.4) is 0 Å². The van der Waals surface area contributed by atoms with Gasteiger partial charge in [-0.2, -0.15) is 0 Å². The average molecular weight is 396 g/mol. The van der Waals surface area contributed by atoms with Gasteiger partial charge < -0.3 is 21.3 Å². The Morgan fingerprint density at radius 1 is 1.21 bits per heavy atom. The van der Waals surface area contributed by atoms with Crippen molar-refractivity contribution in [3.05, 3.63) is 71.5 Å². The van der Waals surface area contributed by atoms with Crippen LogP contribution < -0.4 is 21.3 Å². The Morgan fingerprint density at radius 2 is 1.93 bits per heavy atom. The molecule has 2 aliphatic rings. The number of hydrogen-bond donors (Lipinski definition) is 4. The number of amides is 1. The summed E-state index contributed by atoms with van der Waals surface area (Å²) in [4.78, 5) is 16.0. The number of piperidine rings is 1. The predicted molar refractivity (Wildman–Crippen MR) is 121 cm³/mol. The predicted octanol–water partition coefficient (Wildman–Crippen LogP) is 3.38. The monoisotopic (exact) mass is 395 g/mol. The van der Waals surface area contributed by atoms with E-state index < -0.39 is 0 Å². The molecule has 0 unspecified atom stereocenters. The Morgan fingerprint density at radius 3 is 2.52 bits per heavy atom. The maximum absolute atomic E-state index is 11.4. The van der Waals surface area contributed by atoms with Crippen molar-refractivity contribution in [3.63, 3.8) is 0 Å². The van der Waals surface area contributed by atoms with E-state index in [1.807, 2.05) is 51.3 Å². The molecule has 1 fully saturated rings. The van der Waals surface area contributed by atoms with Gasteiger partial charge >= 0.3 is 0 Å². The van der Waals surface area contributed by atoms with Crippen molar-refractivity contribution in [2.45, 2.75) is 40.5 Å². The Bertz CT molecular complexity index is 805. The molecule has 0 bridgehead atoms. The van der Waals surface area contributed by atoms with Crippen LogP contribution in [-0.2, 0) is 4.79 Å². The molecule has 156 valence electrons. The molecule has 2 aliphatic heterocycles. The summed E-state index contributed by atoms with van der Waals surface area (Å²) in [5.41, 5.74) is 3.97. The molecule has 0 spiro atoms. The number of nitrogens with one attached hydrogen (secondary N) is 4. The molecule has 0 aromatic carbocycles. The van der Waals surface area contributed by atoms with Gasteiger partial charge in [0.1, 0.15) is 11.7 Å². The molecule has 1 amide bonds. The van der Waals surface area contributed by atoms with Gasteiger partial charge in [0.15, 0.2) is 0 Å². The lowest BCUT2D eigenvalue weighted by Crippen LogP contribution is -2.33. The SMILES string of the molecule is C=C(NC1=NC=C(C2CCNCC2)/C1=C/C)NC(/C=C(\C=C/C)NC(C)=O)=C/C. The van der Waals surface area contributed by atoms with Crippen LogP contribution in [0.4, 0.5) is 0 Å². The van der Waals surface area contributed by atoms with E-state index in [2.05, 4.69) is 38.9 Å². The van der Waals surface area contributed by atoms with Crippen molar-refractivity contribution in [3.8, 4) is 0 Å². The third kappa shape index (κ3) is 6.61. The van der Waals surface area contributed by atoms with Gasteiger partial charge in [0.05, 0.1) is 0 Å². The molecule has 2 heterocycles. The number of amidine groups is 1. The minimum Gasteiger partial charge on any atom is -0.342 e. The van der Waals surface area contributed by atoms with E-state index in [-0.39, 0.29) is 5.91 Å². The second-order valence-corrected chi connectivity index (χ2v) is 7.04. The number of carbonyl (C=O) groups is 1. The maximum Gasteiger partial charge on any atom is 0.221 e. The molecule has 0 aliphatic carbocycles. The molecule has 6 nitrogen and oxygen atoms in total. The summed E-state index contributed by atoms with van der Waals surface area (Å²) in [6, 6.07) is 0. The number of rotatable bonds is 7. The molecule has 0 saturated carbocycles. The molecular weight excluding hydrogens is 362 g/mol. The fourth-order valence-corrected chi connectivity index (χ4v) is 3.49. The van der Waals surface area contributed by atoms with E-state index in [1.165, 1.54) is 12.5 Å². The number of carbonyl (C=O) groups excluding carboxylic acids is 1. The van der Waals surface area contributed by atoms with E-state index >= 15 is 0 Å². The van der Waals surface area contributed by atoms with Crippen molar-refractivity contribution < 1.29 is 4.79 Å². The Hall–Kier alpha value is -2.86. The summed E-state index contributed by atoms with van der Waals surface area (Å²) < 4.78 is 0. The van der Waals surface area contributed by atoms with Crippen molar-refractivity contribution in [1.82, 2.24) is 21.3 Å². The van der Waals surface area contributed by atoms with E-state index in [0.29, 0.717) is 17.4 Å². The van der Waals surface area contributed by atoms with Crippen molar-refractivity contribution in [2.75, 3.05) is 13.1 Å². The highest BCUT2D eigenvalue weighted by Crippen LogP contribution is 2.31. The largest absolute Gasteiger partial charge is 0.342 e. The molecule has 6 heteroatoms. The molecule has 29 heavy (non-hydrogen) atoms. The summed E-state index contributed by atoms with van der Waals surface area (Å²) in [6.45, 7) is 13.6. The second kappa shape index (κ2) is 11.2. The van der Waals surface area contributed by atoms with Gasteiger partial charge in [-0.05, 0) is 70.3 Å². The van der Waals surface area contributed by atoms with Crippen LogP contribution in [0, 0.1) is 5.92 Å². The minimum absolute atomic E-state index is 0.115. The highest BCUT2D eigenvalue weighted by Gasteiger charge is 2.26. The lowest BCUT2D eigenvalue weighted by atomic mass is 9.86. The van der Waals surface area contributed by atoms with Crippen LogP contribution in [0.15, 0.2) is 76.5 Å². The number of aliphatic imine (C=N–C) groups is 1. The van der Waals surface area contributed by atoms with Crippen LogP contribution >= 0.6 is 0 Å². The summed E-state index contributed by atoms with van der Waals surface area (Å²) >= 11 is 0. The average Bonchev–Trinajstić information content (AvgIpc) is 3.10. The number of allylic oxidation sites excluding steroid dienone is 5. The standard InChI is InChI=1S/C23H33N5O/c1-6-9-20(28-17(5)29)14-19(7-2)26-16(4)27-23-21(8-3)22(15-25-23)18-10-12-24-13-11-18/h6-9,14-15,18,24,26H,4,10-13H2,1-3,5H3,(H,25,27)(H,28,29)/b9-6-,19-7+,20-14+,21-8-. The topological polar surface area (TPSA) is 77.6 Å². The quantitative estimate of drug-likeness (QED) is 0.499. The van der Waals surface area contributed by atoms with Crippen LogP contribution in [-0.4, -0.2) is 24.8 Å². The first kappa shape index (κ1) is 22.4. The summed E-state index contributed by atoms with van der Waals surface area (Å²) in [7, 11) is 0. The molecule has 0 radical (unpaired) electrons. The first-order chi connectivity index (χ1) is 14.0. The lowest BCUT2D eigenvalue weighted by molar-refractivity contribution is -0.118. The zero-order valence-electron chi connectivity index (χ0n) is 17.9. The molecule has 4 N–H and O–H groups in total. The van der Waals surface area contributed by atoms with Gasteiger partial charge in [0, 0.05) is 30.1 Å². The third-order valence-corrected chi connectivity index (χ3v) is 4.82. The fourth-order valence-electron chi connectivity index (χ4n) is 3.49. The van der Waals surface area contributed by atoms with Crippen molar-refractivity contribution in [2.24, 2.45) is 10.9 Å². The van der Waals surface area contributed by atoms with E-state index in [9.17, 15) is 4.79 Å². The van der Waals surface area contributed by atoms with Gasteiger partial charge in [-0.1, -0.05) is 24.8 Å². The minimum atomic E-state index is -0.115. The smallest absolute Gasteiger partial charge is 0.221 e. The van der Waals surface area contributed by atoms with Gasteiger partial charge in [0.25, 0.3) is 0 Å². The van der Waals surface area contributed by atoms with E-state index in [4.69, 9.17) is 0 Å². The van der Waals surface area contributed by atoms with Gasteiger partial charge in [-0.15, -0.1) is 0 Å². The maximum atomic E-state index is 11.4. The molecule has 2 rings (SSSR count). The fraction of sp³-hybridized carbons (Fsp3) is 0.391. The van der Waals surface area contributed by atoms with E-state index in [1.54, 1.807) is 0 Å². The van der Waals surface area contributed by atoms with Crippen LogP contribution in [0.2, 0.25) is 0 Å². The van der Waals surface area contributed by atoms with Crippen molar-refractivity contribution in [1.29, 1.82) is 0 Å². The Labute approximate surface area is 174 Å². The van der Waals surface area contributed by atoms with Gasteiger partial charge in [0.2, 0.25) is 5.91 Å². The van der Waals surface area contributed by atoms with Gasteiger partial charge in [-0.25, -0.2) is 4.99 Å². The van der Waals surface area contributed by atoms with Gasteiger partial charge in [-0.3, -0.25) is 4.79 Å². The second-order valence-electron chi connectivity index (χ2n) is 7.04. The normalized spacial score (nSPS) is 19.9. The molecule has 1 saturated heterocycles. The third-order valence-electron chi connectivity index (χ3n) is 4.82. The lowest BCUT2D eigenvalue weighted by Gasteiger charge is -2.25. The van der Waals surface area contributed by atoms with Crippen LogP contribution in [0.25, 0.3) is 0 Å². The highest BCUT2D eigenvalue weighted by atomic mass is 16.1. The summed E-state index contributed by atoms with van der Waals surface area (Å²) in [6.07, 6.45) is 13.9. The number of hydrogen-bond acceptors (Lipinski definition) is 5. The summed E-state index contributed by atoms with van der Waals surface area (Å²) in [5, 5.41) is 12.8. The molecule has 0 aromatic heterocycles. The molecular formula is C23H33N5O. The zero-order valence-corrected chi connectivity index (χ0v) is 17.9. The van der Waals surface area contributed by atoms with Crippen LogP contribution in [0.5, 0.6) is 0 Å². The van der Waals surface area contributed by atoms with Crippen molar-refractivity contribution >= 4 is 11.7 Å². The highest BCUT2D eigenvalue weighted by molar-refractivity contribution is 6.05. The first-order valence-electron chi connectivity index (χ1n) is 10.1. The first-order valence-corrected chi connectivity index (χ1v) is 10.1. The Balaban J connectivity index is 2.01. The molecule has 0 aromatic rings. The zero-order chi connectivity index (χ0) is 21.2. The van der Waals surface area contributed by atoms with Crippen LogP contribution in [0.1, 0.15) is 40.5 Å². The summed E-state index contributed by atoms with van der Waals surface area (Å²) in [5.74, 6) is 1.86. The number of nitrogens with zero attached hydrogens (tertiary/aromatic N) is 1. The Kier molecular flexibility index (Phi) is 8.68.